The van der Waals surface area contributed by atoms with Gasteiger partial charge in [-0.3, -0.25) is 4.90 Å². The van der Waals surface area contributed by atoms with E-state index >= 15 is 0 Å². The van der Waals surface area contributed by atoms with Crippen molar-refractivity contribution in [3.8, 4) is 0 Å². The first-order chi connectivity index (χ1) is 9.45. The Hall–Kier alpha value is -0.800. The maximum Gasteiger partial charge on any atom is 0.118 e. The zero-order valence-electron chi connectivity index (χ0n) is 13.7. The lowest BCUT2D eigenvalue weighted by molar-refractivity contribution is 0.202. The van der Waals surface area contributed by atoms with Crippen LogP contribution in [0.3, 0.4) is 0 Å². The van der Waals surface area contributed by atoms with Crippen molar-refractivity contribution in [3.05, 3.63) is 23.2 Å². The Morgan fingerprint density at radius 3 is 2.55 bits per heavy atom. The molecule has 2 rings (SSSR count). The number of aryl methyl sites for hydroxylation is 1. The van der Waals surface area contributed by atoms with E-state index in [0.717, 1.165) is 30.5 Å². The van der Waals surface area contributed by atoms with E-state index in [1.165, 1.54) is 24.9 Å². The van der Waals surface area contributed by atoms with Crippen LogP contribution in [0.4, 0.5) is 0 Å². The molecule has 0 radical (unpaired) electrons. The van der Waals surface area contributed by atoms with Crippen LogP contribution < -0.4 is 5.32 Å². The number of hydrogen-bond acceptors (Lipinski definition) is 3. The molecular weight excluding hydrogens is 248 g/mol. The van der Waals surface area contributed by atoms with E-state index in [1.54, 1.807) is 0 Å². The van der Waals surface area contributed by atoms with E-state index < -0.39 is 0 Å². The maximum absolute atomic E-state index is 5.88. The Morgan fingerprint density at radius 2 is 2.00 bits per heavy atom. The van der Waals surface area contributed by atoms with Gasteiger partial charge in [-0.25, -0.2) is 0 Å². The SMILES string of the molecule is Cc1oc(CNC(C)C)cc1CN(CC1CC1)C(C)C. The van der Waals surface area contributed by atoms with Crippen LogP contribution in [0.15, 0.2) is 10.5 Å². The van der Waals surface area contributed by atoms with Crippen molar-refractivity contribution in [1.82, 2.24) is 10.2 Å². The van der Waals surface area contributed by atoms with E-state index in [0.29, 0.717) is 12.1 Å². The molecule has 0 unspecified atom stereocenters. The molecule has 0 amide bonds. The van der Waals surface area contributed by atoms with Crippen molar-refractivity contribution in [1.29, 1.82) is 0 Å². The Labute approximate surface area is 123 Å². The molecule has 1 aliphatic carbocycles. The molecule has 3 nitrogen and oxygen atoms in total. The first-order valence-corrected chi connectivity index (χ1v) is 8.01. The Kier molecular flexibility index (Phi) is 5.28. The van der Waals surface area contributed by atoms with Gasteiger partial charge in [0.05, 0.1) is 6.54 Å². The van der Waals surface area contributed by atoms with Gasteiger partial charge < -0.3 is 9.73 Å². The molecule has 0 aromatic carbocycles. The topological polar surface area (TPSA) is 28.4 Å². The number of hydrogen-bond donors (Lipinski definition) is 1. The molecule has 20 heavy (non-hydrogen) atoms. The first kappa shape index (κ1) is 15.6. The molecule has 1 heterocycles. The third-order valence-electron chi connectivity index (χ3n) is 4.05. The molecular formula is C17H30N2O. The summed E-state index contributed by atoms with van der Waals surface area (Å²) in [7, 11) is 0. The summed E-state index contributed by atoms with van der Waals surface area (Å²) in [6.45, 7) is 14.1. The Morgan fingerprint density at radius 1 is 1.30 bits per heavy atom. The van der Waals surface area contributed by atoms with Gasteiger partial charge in [-0.2, -0.15) is 0 Å². The average molecular weight is 278 g/mol. The first-order valence-electron chi connectivity index (χ1n) is 8.01. The molecule has 0 spiro atoms. The van der Waals surface area contributed by atoms with E-state index in [1.807, 2.05) is 0 Å². The summed E-state index contributed by atoms with van der Waals surface area (Å²) in [5.74, 6) is 3.07. The summed E-state index contributed by atoms with van der Waals surface area (Å²) < 4.78 is 5.88. The molecule has 114 valence electrons. The highest BCUT2D eigenvalue weighted by atomic mass is 16.3. The van der Waals surface area contributed by atoms with Crippen molar-refractivity contribution in [2.75, 3.05) is 6.54 Å². The minimum atomic E-state index is 0.492. The standard InChI is InChI=1S/C17H30N2O/c1-12(2)18-9-17-8-16(14(5)20-17)11-19(13(3)4)10-15-6-7-15/h8,12-13,15,18H,6-7,9-11H2,1-5H3. The van der Waals surface area contributed by atoms with E-state index in [9.17, 15) is 0 Å². The van der Waals surface area contributed by atoms with Crippen LogP contribution in [0.1, 0.15) is 57.6 Å². The van der Waals surface area contributed by atoms with Gasteiger partial charge in [0, 0.05) is 30.7 Å². The van der Waals surface area contributed by atoms with Crippen molar-refractivity contribution in [2.45, 2.75) is 72.6 Å². The number of furan rings is 1. The van der Waals surface area contributed by atoms with Crippen LogP contribution in [0, 0.1) is 12.8 Å². The predicted molar refractivity (Wildman–Crippen MR) is 83.7 cm³/mol. The van der Waals surface area contributed by atoms with Crippen LogP contribution >= 0.6 is 0 Å². The third kappa shape index (κ3) is 4.64. The van der Waals surface area contributed by atoms with Gasteiger partial charge in [0.2, 0.25) is 0 Å². The van der Waals surface area contributed by atoms with E-state index in [-0.39, 0.29) is 0 Å². The Balaban J connectivity index is 1.95. The summed E-state index contributed by atoms with van der Waals surface area (Å²) in [5, 5.41) is 3.41. The fourth-order valence-electron chi connectivity index (χ4n) is 2.45. The smallest absolute Gasteiger partial charge is 0.118 e. The predicted octanol–water partition coefficient (Wildman–Crippen LogP) is 3.71. The molecule has 1 aromatic rings. The van der Waals surface area contributed by atoms with Gasteiger partial charge in [-0.1, -0.05) is 13.8 Å². The van der Waals surface area contributed by atoms with Crippen LogP contribution in [0.25, 0.3) is 0 Å². The minimum Gasteiger partial charge on any atom is -0.465 e. The molecule has 0 bridgehead atoms. The van der Waals surface area contributed by atoms with Crippen molar-refractivity contribution >= 4 is 0 Å². The highest BCUT2D eigenvalue weighted by Crippen LogP contribution is 2.31. The normalized spacial score (nSPS) is 15.8. The summed E-state index contributed by atoms with van der Waals surface area (Å²) in [6, 6.07) is 3.32. The van der Waals surface area contributed by atoms with E-state index in [2.05, 4.69) is 50.9 Å². The molecule has 3 heteroatoms. The van der Waals surface area contributed by atoms with Crippen LogP contribution in [0.2, 0.25) is 0 Å². The quantitative estimate of drug-likeness (QED) is 0.786. The minimum absolute atomic E-state index is 0.492. The summed E-state index contributed by atoms with van der Waals surface area (Å²) in [4.78, 5) is 2.58. The lowest BCUT2D eigenvalue weighted by atomic mass is 10.2. The van der Waals surface area contributed by atoms with Gasteiger partial charge in [0.25, 0.3) is 0 Å². The summed E-state index contributed by atoms with van der Waals surface area (Å²) >= 11 is 0. The average Bonchev–Trinajstić information content (AvgIpc) is 3.10. The van der Waals surface area contributed by atoms with Gasteiger partial charge in [-0.15, -0.1) is 0 Å². The van der Waals surface area contributed by atoms with E-state index in [4.69, 9.17) is 4.42 Å². The van der Waals surface area contributed by atoms with Gasteiger partial charge in [-0.05, 0) is 45.6 Å². The van der Waals surface area contributed by atoms with Crippen LogP contribution in [-0.4, -0.2) is 23.5 Å². The molecule has 1 fully saturated rings. The second kappa shape index (κ2) is 6.77. The second-order valence-corrected chi connectivity index (χ2v) is 6.80. The highest BCUT2D eigenvalue weighted by Gasteiger charge is 2.26. The molecule has 0 atom stereocenters. The number of nitrogens with one attached hydrogen (secondary N) is 1. The molecule has 1 N–H and O–H groups in total. The van der Waals surface area contributed by atoms with Gasteiger partial charge in [0.15, 0.2) is 0 Å². The fraction of sp³-hybridized carbons (Fsp3) is 0.765. The summed E-state index contributed by atoms with van der Waals surface area (Å²) in [6.07, 6.45) is 2.83. The zero-order chi connectivity index (χ0) is 14.7. The van der Waals surface area contributed by atoms with Crippen molar-refractivity contribution < 1.29 is 4.42 Å². The monoisotopic (exact) mass is 278 g/mol. The fourth-order valence-corrected chi connectivity index (χ4v) is 2.45. The lowest BCUT2D eigenvalue weighted by Gasteiger charge is -2.26. The Bertz CT molecular complexity index is 419. The van der Waals surface area contributed by atoms with Crippen LogP contribution in [-0.2, 0) is 13.1 Å². The van der Waals surface area contributed by atoms with Gasteiger partial charge in [0.1, 0.15) is 11.5 Å². The molecule has 0 saturated heterocycles. The lowest BCUT2D eigenvalue weighted by Crippen LogP contribution is -2.32. The van der Waals surface area contributed by atoms with Crippen LogP contribution in [0.5, 0.6) is 0 Å². The molecule has 0 aliphatic heterocycles. The highest BCUT2D eigenvalue weighted by molar-refractivity contribution is 5.21. The number of nitrogens with zero attached hydrogens (tertiary/aromatic N) is 1. The molecule has 1 aromatic heterocycles. The van der Waals surface area contributed by atoms with Crippen molar-refractivity contribution in [2.24, 2.45) is 5.92 Å². The molecule has 1 saturated carbocycles. The second-order valence-electron chi connectivity index (χ2n) is 6.80. The number of rotatable bonds is 8. The molecule has 1 aliphatic rings. The summed E-state index contributed by atoms with van der Waals surface area (Å²) in [5.41, 5.74) is 1.35. The third-order valence-corrected chi connectivity index (χ3v) is 4.05. The maximum atomic E-state index is 5.88. The largest absolute Gasteiger partial charge is 0.465 e. The van der Waals surface area contributed by atoms with Crippen molar-refractivity contribution in [3.63, 3.8) is 0 Å². The zero-order valence-corrected chi connectivity index (χ0v) is 13.7. The van der Waals surface area contributed by atoms with Gasteiger partial charge >= 0.3 is 0 Å².